The summed E-state index contributed by atoms with van der Waals surface area (Å²) < 4.78 is 41.8. The number of nitrogens with zero attached hydrogens (tertiary/aromatic N) is 1. The van der Waals surface area contributed by atoms with Crippen molar-refractivity contribution < 1.29 is 48.5 Å². The molecule has 0 amide bonds. The number of alkyl halides is 3. The minimum atomic E-state index is -5.19. The SMILES string of the molecule is COc1ccc(CN(CCCC[NH3+])Cc2ccc(OC)c(O)c2)cc1O.O=C([O-])C(F)(F)F. The van der Waals surface area contributed by atoms with Gasteiger partial charge in [-0.1, -0.05) is 12.1 Å². The highest BCUT2D eigenvalue weighted by atomic mass is 19.4. The van der Waals surface area contributed by atoms with Gasteiger partial charge in [0.2, 0.25) is 0 Å². The fourth-order valence-corrected chi connectivity index (χ4v) is 2.91. The Morgan fingerprint density at radius 1 is 0.970 bits per heavy atom. The van der Waals surface area contributed by atoms with Crippen molar-refractivity contribution in [3.63, 3.8) is 0 Å². The summed E-state index contributed by atoms with van der Waals surface area (Å²) in [5, 5.41) is 28.8. The van der Waals surface area contributed by atoms with Crippen LogP contribution in [0.5, 0.6) is 23.0 Å². The number of rotatable bonds is 10. The number of carboxylic acid groups (broad SMARTS) is 1. The first-order valence-corrected chi connectivity index (χ1v) is 10.0. The summed E-state index contributed by atoms with van der Waals surface area (Å²) in [6, 6.07) is 10.9. The van der Waals surface area contributed by atoms with Crippen LogP contribution in [0.2, 0.25) is 0 Å². The van der Waals surface area contributed by atoms with E-state index in [1.165, 1.54) is 14.2 Å². The third-order valence-electron chi connectivity index (χ3n) is 4.50. The number of unbranched alkanes of at least 4 members (excludes halogenated alkanes) is 1. The van der Waals surface area contributed by atoms with Crippen LogP contribution in [0, 0.1) is 0 Å². The molecule has 0 spiro atoms. The predicted octanol–water partition coefficient (Wildman–Crippen LogP) is 1.44. The lowest BCUT2D eigenvalue weighted by atomic mass is 10.1. The second-order valence-electron chi connectivity index (χ2n) is 7.07. The second kappa shape index (κ2) is 13.4. The van der Waals surface area contributed by atoms with Crippen LogP contribution in [-0.4, -0.2) is 54.6 Å². The summed E-state index contributed by atoms with van der Waals surface area (Å²) in [6.07, 6.45) is -3.08. The maximum atomic E-state index is 10.5. The molecule has 0 aliphatic rings. The van der Waals surface area contributed by atoms with E-state index in [1.807, 2.05) is 12.1 Å². The Morgan fingerprint density at radius 3 is 1.70 bits per heavy atom. The van der Waals surface area contributed by atoms with Crippen LogP contribution >= 0.6 is 0 Å². The van der Waals surface area contributed by atoms with E-state index in [0.717, 1.165) is 37.1 Å². The van der Waals surface area contributed by atoms with E-state index in [0.29, 0.717) is 24.6 Å². The number of hydrogen-bond acceptors (Lipinski definition) is 7. The van der Waals surface area contributed by atoms with Gasteiger partial charge in [-0.05, 0) is 54.8 Å². The minimum absolute atomic E-state index is 0.143. The molecule has 0 aliphatic carbocycles. The maximum absolute atomic E-state index is 10.5. The van der Waals surface area contributed by atoms with Crippen LogP contribution in [-0.2, 0) is 17.9 Å². The molecule has 0 heterocycles. The molecule has 2 aromatic rings. The van der Waals surface area contributed by atoms with E-state index in [-0.39, 0.29) is 11.5 Å². The molecular formula is C22H29F3N2O6. The fourth-order valence-electron chi connectivity index (χ4n) is 2.91. The van der Waals surface area contributed by atoms with Gasteiger partial charge in [0.25, 0.3) is 0 Å². The van der Waals surface area contributed by atoms with Crippen LogP contribution < -0.4 is 20.3 Å². The minimum Gasteiger partial charge on any atom is -0.542 e. The number of carboxylic acids is 1. The van der Waals surface area contributed by atoms with E-state index < -0.39 is 12.1 Å². The molecule has 0 saturated heterocycles. The van der Waals surface area contributed by atoms with Gasteiger partial charge in [-0.25, -0.2) is 0 Å². The smallest absolute Gasteiger partial charge is 0.430 e. The van der Waals surface area contributed by atoms with Crippen LogP contribution in [0.3, 0.4) is 0 Å². The van der Waals surface area contributed by atoms with Crippen LogP contribution in [0.1, 0.15) is 24.0 Å². The lowest BCUT2D eigenvalue weighted by Gasteiger charge is -2.23. The zero-order valence-corrected chi connectivity index (χ0v) is 18.5. The number of benzene rings is 2. The molecular weight excluding hydrogens is 445 g/mol. The van der Waals surface area contributed by atoms with Crippen molar-refractivity contribution in [3.05, 3.63) is 47.5 Å². The molecule has 11 heteroatoms. The van der Waals surface area contributed by atoms with Crippen LogP contribution in [0.25, 0.3) is 0 Å². The highest BCUT2D eigenvalue weighted by Crippen LogP contribution is 2.29. The topological polar surface area (TPSA) is 130 Å². The van der Waals surface area contributed by atoms with E-state index in [4.69, 9.17) is 19.4 Å². The maximum Gasteiger partial charge on any atom is 0.430 e. The molecule has 0 unspecified atom stereocenters. The molecule has 33 heavy (non-hydrogen) atoms. The van der Waals surface area contributed by atoms with Crippen molar-refractivity contribution in [2.75, 3.05) is 27.3 Å². The highest BCUT2D eigenvalue weighted by molar-refractivity contribution is 5.70. The number of carbonyl (C=O) groups excluding carboxylic acids is 1. The molecule has 0 saturated carbocycles. The van der Waals surface area contributed by atoms with Crippen molar-refractivity contribution >= 4 is 5.97 Å². The van der Waals surface area contributed by atoms with Gasteiger partial charge in [0.1, 0.15) is 5.97 Å². The number of phenolic OH excluding ortho intramolecular Hbond substituents is 2. The van der Waals surface area contributed by atoms with Crippen LogP contribution in [0.4, 0.5) is 13.2 Å². The summed E-state index contributed by atoms with van der Waals surface area (Å²) in [7, 11) is 3.08. The van der Waals surface area contributed by atoms with Gasteiger partial charge < -0.3 is 35.3 Å². The first kappa shape index (κ1) is 27.9. The number of hydrogen-bond donors (Lipinski definition) is 3. The Bertz CT molecular complexity index is 837. The Balaban J connectivity index is 0.000000675. The van der Waals surface area contributed by atoms with Crippen molar-refractivity contribution in [1.82, 2.24) is 4.90 Å². The van der Waals surface area contributed by atoms with Gasteiger partial charge in [-0.15, -0.1) is 0 Å². The number of carbonyl (C=O) groups is 1. The second-order valence-corrected chi connectivity index (χ2v) is 7.07. The molecule has 2 aromatic carbocycles. The molecule has 0 radical (unpaired) electrons. The van der Waals surface area contributed by atoms with Gasteiger partial charge >= 0.3 is 6.18 Å². The zero-order valence-electron chi connectivity index (χ0n) is 18.5. The molecule has 0 aromatic heterocycles. The summed E-state index contributed by atoms with van der Waals surface area (Å²) in [4.78, 5) is 11.1. The first-order chi connectivity index (χ1) is 15.5. The number of ether oxygens (including phenoxy) is 2. The average molecular weight is 474 g/mol. The van der Waals surface area contributed by atoms with Crippen molar-refractivity contribution in [3.8, 4) is 23.0 Å². The fraction of sp³-hybridized carbons (Fsp3) is 0.409. The van der Waals surface area contributed by atoms with Crippen molar-refractivity contribution in [2.24, 2.45) is 0 Å². The van der Waals surface area contributed by atoms with E-state index in [2.05, 4.69) is 10.6 Å². The Kier molecular flexibility index (Phi) is 11.3. The molecule has 184 valence electrons. The molecule has 0 atom stereocenters. The first-order valence-electron chi connectivity index (χ1n) is 10.0. The number of methoxy groups -OCH3 is 2. The summed E-state index contributed by atoms with van der Waals surface area (Å²) in [5.41, 5.74) is 5.92. The van der Waals surface area contributed by atoms with E-state index >= 15 is 0 Å². The molecule has 8 nitrogen and oxygen atoms in total. The quantitative estimate of drug-likeness (QED) is 0.444. The third kappa shape index (κ3) is 9.87. The van der Waals surface area contributed by atoms with Crippen molar-refractivity contribution in [1.29, 1.82) is 0 Å². The Labute approximate surface area is 190 Å². The van der Waals surface area contributed by atoms with Gasteiger partial charge in [0, 0.05) is 13.1 Å². The molecule has 0 aliphatic heterocycles. The largest absolute Gasteiger partial charge is 0.542 e. The van der Waals surface area contributed by atoms with Crippen LogP contribution in [0.15, 0.2) is 36.4 Å². The van der Waals surface area contributed by atoms with Gasteiger partial charge in [-0.2, -0.15) is 13.2 Å². The number of aromatic hydroxyl groups is 2. The molecule has 5 N–H and O–H groups in total. The highest BCUT2D eigenvalue weighted by Gasteiger charge is 2.28. The van der Waals surface area contributed by atoms with Crippen molar-refractivity contribution in [2.45, 2.75) is 32.1 Å². The van der Waals surface area contributed by atoms with E-state index in [1.54, 1.807) is 24.3 Å². The van der Waals surface area contributed by atoms with E-state index in [9.17, 15) is 23.4 Å². The average Bonchev–Trinajstić information content (AvgIpc) is 2.74. The number of halogens is 3. The lowest BCUT2D eigenvalue weighted by Crippen LogP contribution is -2.50. The summed E-state index contributed by atoms with van der Waals surface area (Å²) in [6.45, 7) is 3.22. The number of phenols is 2. The third-order valence-corrected chi connectivity index (χ3v) is 4.50. The van der Waals surface area contributed by atoms with Gasteiger partial charge in [0.05, 0.1) is 20.8 Å². The molecule has 0 fully saturated rings. The molecule has 0 bridgehead atoms. The number of quaternary nitrogens is 1. The number of aliphatic carboxylic acids is 1. The summed E-state index contributed by atoms with van der Waals surface area (Å²) >= 11 is 0. The Hall–Kier alpha value is -3.18. The Morgan fingerprint density at radius 2 is 1.39 bits per heavy atom. The predicted molar refractivity (Wildman–Crippen MR) is 111 cm³/mol. The lowest BCUT2D eigenvalue weighted by molar-refractivity contribution is -0.368. The summed E-state index contributed by atoms with van der Waals surface area (Å²) in [5.74, 6) is -1.78. The van der Waals surface area contributed by atoms with Gasteiger partial charge in [0.15, 0.2) is 23.0 Å². The standard InChI is InChI=1S/C20H28N2O4.C2HF3O2/c1-25-19-7-5-15(11-17(19)23)13-22(10-4-3-9-21)14-16-6-8-20(26-2)18(24)12-16;3-2(4,5)1(6)7/h5-8,11-12,23-24H,3-4,9-10,13-14,21H2,1-2H3;(H,6,7). The normalized spacial score (nSPS) is 11.0. The van der Waals surface area contributed by atoms with Gasteiger partial charge in [-0.3, -0.25) is 4.90 Å². The monoisotopic (exact) mass is 474 g/mol. The zero-order chi connectivity index (χ0) is 25.0. The molecule has 2 rings (SSSR count).